The first kappa shape index (κ1) is 31.6. The normalized spacial score (nSPS) is 16.1. The molecule has 0 aliphatic heterocycles. The summed E-state index contributed by atoms with van der Waals surface area (Å²) < 4.78 is 87.0. The zero-order chi connectivity index (χ0) is 30.3. The van der Waals surface area contributed by atoms with Crippen LogP contribution in [0.4, 0.5) is 17.6 Å². The number of benzene rings is 3. The Bertz CT molecular complexity index is 1480. The fourth-order valence-corrected chi connectivity index (χ4v) is 6.26. The van der Waals surface area contributed by atoms with Gasteiger partial charge >= 0.3 is 6.18 Å². The topological polar surface area (TPSA) is 96.5 Å². The Kier molecular flexibility index (Phi) is 10.4. The number of hydrogen-bond donors (Lipinski definition) is 3. The summed E-state index contributed by atoms with van der Waals surface area (Å²) in [5.74, 6) is -1.02. The zero-order valence-corrected chi connectivity index (χ0v) is 23.8. The minimum absolute atomic E-state index is 0.286. The van der Waals surface area contributed by atoms with E-state index in [9.17, 15) is 30.8 Å². The summed E-state index contributed by atoms with van der Waals surface area (Å²) in [5, 5.41) is 6.30. The maximum atomic E-state index is 13.6. The molecule has 0 saturated heterocycles. The second-order valence-corrected chi connectivity index (χ2v) is 11.9. The van der Waals surface area contributed by atoms with E-state index in [4.69, 9.17) is 4.74 Å². The number of fused-ring (bicyclic) bond motifs is 1. The molecule has 0 radical (unpaired) electrons. The van der Waals surface area contributed by atoms with Crippen molar-refractivity contribution in [1.82, 2.24) is 15.4 Å². The van der Waals surface area contributed by atoms with Gasteiger partial charge < -0.3 is 15.4 Å². The standard InChI is InChI=1S/C30H33F4N3O4S/c1-41-15-14-35-19-20-8-13-26-22(16-20)4-2-7-27(26)36-29(38)18-28(21-9-11-24(31)12-10-21)37-42(39,40)25-6-3-5-23(17-25)30(32,33)34/h3,5-6,8-13,16-17,27-28,35,37H,2,4,7,14-15,18-19H2,1H3,(H,36,38). The molecule has 226 valence electrons. The van der Waals surface area contributed by atoms with Crippen LogP contribution in [-0.2, 0) is 38.7 Å². The van der Waals surface area contributed by atoms with Crippen molar-refractivity contribution in [3.05, 3.63) is 100 Å². The minimum Gasteiger partial charge on any atom is -0.383 e. The number of nitrogens with one attached hydrogen (secondary N) is 3. The molecule has 3 aromatic rings. The molecule has 7 nitrogen and oxygen atoms in total. The Labute approximate surface area is 242 Å². The van der Waals surface area contributed by atoms with Crippen molar-refractivity contribution in [3.63, 3.8) is 0 Å². The van der Waals surface area contributed by atoms with Gasteiger partial charge in [0.2, 0.25) is 15.9 Å². The van der Waals surface area contributed by atoms with Gasteiger partial charge in [0.1, 0.15) is 5.82 Å². The number of amides is 1. The molecule has 3 aromatic carbocycles. The second-order valence-electron chi connectivity index (χ2n) is 10.2. The highest BCUT2D eigenvalue weighted by Crippen LogP contribution is 2.32. The first-order valence-corrected chi connectivity index (χ1v) is 15.0. The molecule has 3 N–H and O–H groups in total. The number of alkyl halides is 3. The van der Waals surface area contributed by atoms with Crippen molar-refractivity contribution < 1.29 is 35.5 Å². The number of carbonyl (C=O) groups is 1. The summed E-state index contributed by atoms with van der Waals surface area (Å²) in [6.45, 7) is 2.01. The predicted molar refractivity (Wildman–Crippen MR) is 149 cm³/mol. The van der Waals surface area contributed by atoms with Gasteiger partial charge in [0.05, 0.1) is 29.1 Å². The van der Waals surface area contributed by atoms with Crippen molar-refractivity contribution >= 4 is 15.9 Å². The molecule has 4 rings (SSSR count). The highest BCUT2D eigenvalue weighted by molar-refractivity contribution is 7.89. The fourth-order valence-electron chi connectivity index (χ4n) is 4.99. The average molecular weight is 608 g/mol. The van der Waals surface area contributed by atoms with Crippen LogP contribution in [0.1, 0.15) is 59.2 Å². The van der Waals surface area contributed by atoms with Crippen LogP contribution < -0.4 is 15.4 Å². The Morgan fingerprint density at radius 2 is 1.83 bits per heavy atom. The molecular formula is C30H33F4N3O4S. The van der Waals surface area contributed by atoms with Crippen LogP contribution >= 0.6 is 0 Å². The molecule has 2 atom stereocenters. The van der Waals surface area contributed by atoms with E-state index in [1.54, 1.807) is 7.11 Å². The van der Waals surface area contributed by atoms with Gasteiger partial charge in [0, 0.05) is 26.6 Å². The highest BCUT2D eigenvalue weighted by Gasteiger charge is 2.33. The molecule has 0 fully saturated rings. The lowest BCUT2D eigenvalue weighted by atomic mass is 9.86. The van der Waals surface area contributed by atoms with Crippen molar-refractivity contribution in [3.8, 4) is 0 Å². The lowest BCUT2D eigenvalue weighted by Crippen LogP contribution is -2.36. The smallest absolute Gasteiger partial charge is 0.383 e. The lowest BCUT2D eigenvalue weighted by Gasteiger charge is -2.28. The maximum Gasteiger partial charge on any atom is 0.416 e. The van der Waals surface area contributed by atoms with Gasteiger partial charge in [-0.1, -0.05) is 36.4 Å². The van der Waals surface area contributed by atoms with Crippen LogP contribution in [-0.4, -0.2) is 34.6 Å². The highest BCUT2D eigenvalue weighted by atomic mass is 32.2. The molecule has 1 aliphatic rings. The second kappa shape index (κ2) is 13.8. The molecule has 1 amide bonds. The first-order valence-electron chi connectivity index (χ1n) is 13.5. The van der Waals surface area contributed by atoms with Crippen LogP contribution in [0.3, 0.4) is 0 Å². The van der Waals surface area contributed by atoms with Gasteiger partial charge in [-0.15, -0.1) is 0 Å². The molecule has 0 saturated carbocycles. The summed E-state index contributed by atoms with van der Waals surface area (Å²) in [7, 11) is -2.84. The predicted octanol–water partition coefficient (Wildman–Crippen LogP) is 5.18. The maximum absolute atomic E-state index is 13.6. The molecule has 42 heavy (non-hydrogen) atoms. The number of halogens is 4. The largest absolute Gasteiger partial charge is 0.416 e. The molecule has 0 spiro atoms. The van der Waals surface area contributed by atoms with Crippen molar-refractivity contribution in [1.29, 1.82) is 0 Å². The molecule has 2 unspecified atom stereocenters. The quantitative estimate of drug-likeness (QED) is 0.195. The molecule has 0 aromatic heterocycles. The van der Waals surface area contributed by atoms with Crippen LogP contribution in [0.5, 0.6) is 0 Å². The van der Waals surface area contributed by atoms with Gasteiger partial charge in [-0.3, -0.25) is 4.79 Å². The minimum atomic E-state index is -4.74. The van der Waals surface area contributed by atoms with Crippen molar-refractivity contribution in [2.24, 2.45) is 0 Å². The van der Waals surface area contributed by atoms with Gasteiger partial charge in [0.15, 0.2) is 0 Å². The monoisotopic (exact) mass is 607 g/mol. The van der Waals surface area contributed by atoms with E-state index in [0.717, 1.165) is 66.4 Å². The SMILES string of the molecule is COCCNCc1ccc2c(c1)CCCC2NC(=O)CC(NS(=O)(=O)c1cccc(C(F)(F)F)c1)c1ccc(F)cc1. The van der Waals surface area contributed by atoms with E-state index in [1.165, 1.54) is 12.1 Å². The Balaban J connectivity index is 1.51. The van der Waals surface area contributed by atoms with Gasteiger partial charge in [0.25, 0.3) is 0 Å². The van der Waals surface area contributed by atoms with Gasteiger partial charge in [-0.05, 0) is 71.8 Å². The van der Waals surface area contributed by atoms with E-state index in [1.807, 2.05) is 12.1 Å². The van der Waals surface area contributed by atoms with E-state index >= 15 is 0 Å². The average Bonchev–Trinajstić information content (AvgIpc) is 2.95. The molecule has 12 heteroatoms. The third kappa shape index (κ3) is 8.37. The summed E-state index contributed by atoms with van der Waals surface area (Å²) >= 11 is 0. The van der Waals surface area contributed by atoms with Crippen LogP contribution in [0, 0.1) is 5.82 Å². The number of rotatable bonds is 12. The number of hydrogen-bond acceptors (Lipinski definition) is 5. The van der Waals surface area contributed by atoms with Crippen LogP contribution in [0.25, 0.3) is 0 Å². The van der Waals surface area contributed by atoms with Gasteiger partial charge in [-0.25, -0.2) is 17.5 Å². The summed E-state index contributed by atoms with van der Waals surface area (Å²) in [6.07, 6.45) is -2.68. The lowest BCUT2D eigenvalue weighted by molar-refractivity contribution is -0.137. The summed E-state index contributed by atoms with van der Waals surface area (Å²) in [4.78, 5) is 12.7. The summed E-state index contributed by atoms with van der Waals surface area (Å²) in [5.41, 5.74) is 2.39. The van der Waals surface area contributed by atoms with Crippen molar-refractivity contribution in [2.75, 3.05) is 20.3 Å². The molecule has 0 heterocycles. The van der Waals surface area contributed by atoms with E-state index in [2.05, 4.69) is 21.4 Å². The number of sulfonamides is 1. The number of methoxy groups -OCH3 is 1. The Morgan fingerprint density at radius 1 is 1.07 bits per heavy atom. The zero-order valence-electron chi connectivity index (χ0n) is 23.0. The number of aryl methyl sites for hydroxylation is 1. The molecule has 1 aliphatic carbocycles. The van der Waals surface area contributed by atoms with E-state index in [-0.39, 0.29) is 18.0 Å². The van der Waals surface area contributed by atoms with E-state index < -0.39 is 44.4 Å². The molecular weight excluding hydrogens is 574 g/mol. The number of ether oxygens (including phenoxy) is 1. The Morgan fingerprint density at radius 3 is 2.55 bits per heavy atom. The van der Waals surface area contributed by atoms with Gasteiger partial charge in [-0.2, -0.15) is 13.2 Å². The van der Waals surface area contributed by atoms with Crippen molar-refractivity contribution in [2.45, 2.75) is 55.4 Å². The third-order valence-electron chi connectivity index (χ3n) is 7.10. The van der Waals surface area contributed by atoms with Crippen LogP contribution in [0.2, 0.25) is 0 Å². The fraction of sp³-hybridized carbons (Fsp3) is 0.367. The first-order chi connectivity index (χ1) is 20.0. The summed E-state index contributed by atoms with van der Waals surface area (Å²) in [6, 6.07) is 12.9. The Hall–Kier alpha value is -3.32. The third-order valence-corrected chi connectivity index (χ3v) is 8.57. The molecule has 0 bridgehead atoms. The van der Waals surface area contributed by atoms with Crippen LogP contribution in [0.15, 0.2) is 71.6 Å². The van der Waals surface area contributed by atoms with E-state index in [0.29, 0.717) is 25.6 Å². The number of carbonyl (C=O) groups excluding carboxylic acids is 1.